The van der Waals surface area contributed by atoms with Gasteiger partial charge in [0.2, 0.25) is 0 Å². The maximum Gasteiger partial charge on any atom is 0.0675 e. The topological polar surface area (TPSA) is 27.0 Å². The summed E-state index contributed by atoms with van der Waals surface area (Å²) in [5.74, 6) is 1.09. The van der Waals surface area contributed by atoms with E-state index in [-0.39, 0.29) is 5.92 Å². The van der Waals surface area contributed by atoms with E-state index in [2.05, 4.69) is 52.8 Å². The fourth-order valence-corrected chi connectivity index (χ4v) is 1.95. The van der Waals surface area contributed by atoms with Gasteiger partial charge in [-0.2, -0.15) is 5.26 Å². The summed E-state index contributed by atoms with van der Waals surface area (Å²) in [7, 11) is 4.11. The Bertz CT molecular complexity index is 169. The van der Waals surface area contributed by atoms with Crippen molar-refractivity contribution in [1.82, 2.24) is 4.90 Å². The van der Waals surface area contributed by atoms with Crippen molar-refractivity contribution < 1.29 is 0 Å². The van der Waals surface area contributed by atoms with Crippen molar-refractivity contribution in [1.29, 1.82) is 5.26 Å². The molecule has 2 unspecified atom stereocenters. The van der Waals surface area contributed by atoms with Gasteiger partial charge in [-0.1, -0.05) is 27.7 Å². The third-order valence-electron chi connectivity index (χ3n) is 2.51. The molecule has 2 heteroatoms. The van der Waals surface area contributed by atoms with Crippen LogP contribution in [0.15, 0.2) is 0 Å². The number of rotatable bonds is 4. The second-order valence-corrected chi connectivity index (χ2v) is 4.60. The molecule has 0 rings (SSSR count). The van der Waals surface area contributed by atoms with E-state index < -0.39 is 0 Å². The van der Waals surface area contributed by atoms with Crippen molar-refractivity contribution in [2.24, 2.45) is 17.8 Å². The molecule has 0 N–H and O–H groups in total. The van der Waals surface area contributed by atoms with Crippen LogP contribution < -0.4 is 0 Å². The second kappa shape index (κ2) is 5.24. The Morgan fingerprint density at radius 2 is 1.46 bits per heavy atom. The van der Waals surface area contributed by atoms with Gasteiger partial charge in [-0.15, -0.1) is 0 Å². The van der Waals surface area contributed by atoms with Crippen molar-refractivity contribution in [3.05, 3.63) is 0 Å². The minimum atomic E-state index is 0.134. The summed E-state index contributed by atoms with van der Waals surface area (Å²) >= 11 is 0. The minimum Gasteiger partial charge on any atom is -0.305 e. The van der Waals surface area contributed by atoms with Crippen LogP contribution in [-0.4, -0.2) is 25.0 Å². The summed E-state index contributed by atoms with van der Waals surface area (Å²) in [6.45, 7) is 8.59. The molecule has 0 aliphatic carbocycles. The quantitative estimate of drug-likeness (QED) is 0.667. The Hall–Kier alpha value is -0.550. The van der Waals surface area contributed by atoms with Crippen molar-refractivity contribution >= 4 is 0 Å². The summed E-state index contributed by atoms with van der Waals surface area (Å²) in [4.78, 5) is 2.17. The largest absolute Gasteiger partial charge is 0.305 e. The molecule has 0 heterocycles. The lowest BCUT2D eigenvalue weighted by Crippen LogP contribution is -2.41. The Labute approximate surface area is 82.5 Å². The molecule has 0 radical (unpaired) electrons. The van der Waals surface area contributed by atoms with Gasteiger partial charge in [-0.05, 0) is 25.9 Å². The molecule has 13 heavy (non-hydrogen) atoms. The first-order valence-electron chi connectivity index (χ1n) is 4.97. The zero-order valence-corrected chi connectivity index (χ0v) is 9.70. The smallest absolute Gasteiger partial charge is 0.0675 e. The van der Waals surface area contributed by atoms with Crippen LogP contribution in [-0.2, 0) is 0 Å². The van der Waals surface area contributed by atoms with Gasteiger partial charge in [0.15, 0.2) is 0 Å². The highest BCUT2D eigenvalue weighted by Gasteiger charge is 2.28. The zero-order chi connectivity index (χ0) is 10.6. The minimum absolute atomic E-state index is 0.134. The van der Waals surface area contributed by atoms with Gasteiger partial charge in [-0.3, -0.25) is 0 Å². The number of nitrogens with zero attached hydrogens (tertiary/aromatic N) is 2. The summed E-state index contributed by atoms with van der Waals surface area (Å²) < 4.78 is 0. The first-order valence-corrected chi connectivity index (χ1v) is 4.97. The molecule has 0 aromatic heterocycles. The maximum absolute atomic E-state index is 9.09. The SMILES string of the molecule is CC(C)C(C#N)C(C(C)C)N(C)C. The molecule has 2 atom stereocenters. The Morgan fingerprint density at radius 3 is 1.54 bits per heavy atom. The lowest BCUT2D eigenvalue weighted by Gasteiger charge is -2.33. The molecule has 0 aromatic rings. The fraction of sp³-hybridized carbons (Fsp3) is 0.909. The zero-order valence-electron chi connectivity index (χ0n) is 9.70. The van der Waals surface area contributed by atoms with E-state index in [1.807, 2.05) is 0 Å². The molecule has 0 saturated carbocycles. The van der Waals surface area contributed by atoms with Crippen LogP contribution in [0.5, 0.6) is 0 Å². The van der Waals surface area contributed by atoms with Gasteiger partial charge in [0.05, 0.1) is 12.0 Å². The van der Waals surface area contributed by atoms with Crippen LogP contribution in [0.1, 0.15) is 27.7 Å². The van der Waals surface area contributed by atoms with E-state index in [0.717, 1.165) is 0 Å². The van der Waals surface area contributed by atoms with E-state index in [9.17, 15) is 0 Å². The first-order chi connectivity index (χ1) is 5.91. The molecule has 2 nitrogen and oxygen atoms in total. The van der Waals surface area contributed by atoms with E-state index in [1.54, 1.807) is 0 Å². The Kier molecular flexibility index (Phi) is 5.02. The van der Waals surface area contributed by atoms with Gasteiger partial charge >= 0.3 is 0 Å². The Balaban J connectivity index is 4.62. The summed E-state index contributed by atoms with van der Waals surface area (Å²) in [6.07, 6.45) is 0. The molecule has 0 amide bonds. The van der Waals surface area contributed by atoms with Crippen molar-refractivity contribution in [3.8, 4) is 6.07 Å². The lowest BCUT2D eigenvalue weighted by molar-refractivity contribution is 0.158. The third kappa shape index (κ3) is 3.36. The Morgan fingerprint density at radius 1 is 1.00 bits per heavy atom. The highest BCUT2D eigenvalue weighted by atomic mass is 15.1. The van der Waals surface area contributed by atoms with Crippen LogP contribution in [0.4, 0.5) is 0 Å². The predicted octanol–water partition coefficient (Wildman–Crippen LogP) is 2.37. The summed E-state index contributed by atoms with van der Waals surface area (Å²) in [5.41, 5.74) is 0. The molecular formula is C11H22N2. The first kappa shape index (κ1) is 12.4. The van der Waals surface area contributed by atoms with Crippen LogP contribution >= 0.6 is 0 Å². The summed E-state index contributed by atoms with van der Waals surface area (Å²) in [5, 5.41) is 9.09. The fourth-order valence-electron chi connectivity index (χ4n) is 1.95. The molecule has 0 aromatic carbocycles. The van der Waals surface area contributed by atoms with Crippen LogP contribution in [0.25, 0.3) is 0 Å². The molecule has 0 bridgehead atoms. The predicted molar refractivity (Wildman–Crippen MR) is 56.3 cm³/mol. The van der Waals surface area contributed by atoms with Gasteiger partial charge in [0.25, 0.3) is 0 Å². The van der Waals surface area contributed by atoms with E-state index in [1.165, 1.54) is 0 Å². The highest BCUT2D eigenvalue weighted by Crippen LogP contribution is 2.23. The van der Waals surface area contributed by atoms with Gasteiger partial charge in [-0.25, -0.2) is 0 Å². The highest BCUT2D eigenvalue weighted by molar-refractivity contribution is 4.95. The van der Waals surface area contributed by atoms with E-state index in [0.29, 0.717) is 17.9 Å². The van der Waals surface area contributed by atoms with Gasteiger partial charge < -0.3 is 4.90 Å². The molecule has 76 valence electrons. The maximum atomic E-state index is 9.09. The van der Waals surface area contributed by atoms with Crippen LogP contribution in [0.3, 0.4) is 0 Å². The summed E-state index contributed by atoms with van der Waals surface area (Å²) in [6, 6.07) is 2.79. The van der Waals surface area contributed by atoms with Gasteiger partial charge in [0, 0.05) is 6.04 Å². The van der Waals surface area contributed by atoms with Crippen molar-refractivity contribution in [3.63, 3.8) is 0 Å². The molecule has 0 aliphatic heterocycles. The van der Waals surface area contributed by atoms with E-state index >= 15 is 0 Å². The van der Waals surface area contributed by atoms with Crippen LogP contribution in [0.2, 0.25) is 0 Å². The number of hydrogen-bond donors (Lipinski definition) is 0. The average molecular weight is 182 g/mol. The third-order valence-corrected chi connectivity index (χ3v) is 2.51. The van der Waals surface area contributed by atoms with Crippen molar-refractivity contribution in [2.45, 2.75) is 33.7 Å². The monoisotopic (exact) mass is 182 g/mol. The molecule has 0 spiro atoms. The normalized spacial score (nSPS) is 16.3. The second-order valence-electron chi connectivity index (χ2n) is 4.60. The van der Waals surface area contributed by atoms with Gasteiger partial charge in [0.1, 0.15) is 0 Å². The number of hydrogen-bond acceptors (Lipinski definition) is 2. The molecule has 0 saturated heterocycles. The van der Waals surface area contributed by atoms with Crippen LogP contribution in [0, 0.1) is 29.1 Å². The standard InChI is InChI=1S/C11H22N2/c1-8(2)10(7-12)11(9(3)4)13(5)6/h8-11H,1-6H3. The lowest BCUT2D eigenvalue weighted by atomic mass is 9.83. The average Bonchev–Trinajstić information content (AvgIpc) is 1.97. The molecular weight excluding hydrogens is 160 g/mol. The molecule has 0 fully saturated rings. The number of nitriles is 1. The molecule has 0 aliphatic rings. The van der Waals surface area contributed by atoms with E-state index in [4.69, 9.17) is 5.26 Å². The van der Waals surface area contributed by atoms with Crippen molar-refractivity contribution in [2.75, 3.05) is 14.1 Å².